The third kappa shape index (κ3) is 4.47. The Bertz CT molecular complexity index is 1300. The van der Waals surface area contributed by atoms with Crippen LogP contribution in [0.25, 0.3) is 34.0 Å². The molecule has 0 radical (unpaired) electrons. The highest BCUT2D eigenvalue weighted by Gasteiger charge is 2.21. The quantitative estimate of drug-likeness (QED) is 0.320. The molecule has 1 heterocycles. The molecular formula is C31H30N2O. The van der Waals surface area contributed by atoms with E-state index in [1.165, 1.54) is 33.5 Å². The van der Waals surface area contributed by atoms with Gasteiger partial charge >= 0.3 is 0 Å². The molecule has 0 N–H and O–H groups in total. The smallest absolute Gasteiger partial charge is 0.118 e. The molecule has 0 saturated carbocycles. The summed E-state index contributed by atoms with van der Waals surface area (Å²) in [5.74, 6) is 0.872. The minimum atomic E-state index is 0.872. The van der Waals surface area contributed by atoms with Gasteiger partial charge in [-0.05, 0) is 83.5 Å². The molecule has 0 bridgehead atoms. The van der Waals surface area contributed by atoms with Crippen LogP contribution in [0.5, 0.6) is 5.75 Å². The highest BCUT2D eigenvalue weighted by molar-refractivity contribution is 5.87. The maximum Gasteiger partial charge on any atom is 0.118 e. The van der Waals surface area contributed by atoms with Crippen LogP contribution in [0.4, 0.5) is 5.69 Å². The second kappa shape index (κ2) is 9.56. The molecule has 0 unspecified atom stereocenters. The number of pyridine rings is 1. The normalized spacial score (nSPS) is 14.0. The molecule has 170 valence electrons. The number of anilines is 1. The Kier molecular flexibility index (Phi) is 6.18. The summed E-state index contributed by atoms with van der Waals surface area (Å²) in [6.07, 6.45) is 5.52. The van der Waals surface area contributed by atoms with Gasteiger partial charge < -0.3 is 9.64 Å². The van der Waals surface area contributed by atoms with Gasteiger partial charge in [-0.1, -0.05) is 54.6 Å². The Morgan fingerprint density at radius 2 is 1.56 bits per heavy atom. The predicted molar refractivity (Wildman–Crippen MR) is 143 cm³/mol. The number of hydrogen-bond acceptors (Lipinski definition) is 3. The number of rotatable bonds is 5. The maximum atomic E-state index is 5.39. The molecule has 0 aliphatic heterocycles. The van der Waals surface area contributed by atoms with Crippen LogP contribution in [0.3, 0.4) is 0 Å². The lowest BCUT2D eigenvalue weighted by Crippen LogP contribution is -2.08. The Morgan fingerprint density at radius 1 is 0.824 bits per heavy atom. The zero-order valence-electron chi connectivity index (χ0n) is 20.1. The van der Waals surface area contributed by atoms with Gasteiger partial charge in [0, 0.05) is 25.3 Å². The lowest BCUT2D eigenvalue weighted by molar-refractivity contribution is 0.415. The Balaban J connectivity index is 1.65. The highest BCUT2D eigenvalue weighted by Crippen LogP contribution is 2.39. The first-order valence-corrected chi connectivity index (χ1v) is 11.8. The SMILES string of the molecule is COc1ccc(-c2cc(-c3ccccc3)nc3c2CCC/C3=C\c2ccc(N(C)C)cc2)cc1. The fourth-order valence-corrected chi connectivity index (χ4v) is 4.66. The monoisotopic (exact) mass is 446 g/mol. The Hall–Kier alpha value is -3.85. The van der Waals surface area contributed by atoms with Gasteiger partial charge in [0.05, 0.1) is 18.5 Å². The van der Waals surface area contributed by atoms with Gasteiger partial charge in [-0.25, -0.2) is 4.98 Å². The maximum absolute atomic E-state index is 5.39. The summed E-state index contributed by atoms with van der Waals surface area (Å²) < 4.78 is 5.39. The Labute approximate surface area is 202 Å². The first-order chi connectivity index (χ1) is 16.6. The largest absolute Gasteiger partial charge is 0.497 e. The number of benzene rings is 3. The zero-order chi connectivity index (χ0) is 23.5. The van der Waals surface area contributed by atoms with Crippen molar-refractivity contribution in [2.24, 2.45) is 0 Å². The van der Waals surface area contributed by atoms with E-state index < -0.39 is 0 Å². The van der Waals surface area contributed by atoms with E-state index in [1.807, 2.05) is 12.1 Å². The van der Waals surface area contributed by atoms with Crippen LogP contribution in [0.2, 0.25) is 0 Å². The van der Waals surface area contributed by atoms with Gasteiger partial charge in [0.15, 0.2) is 0 Å². The van der Waals surface area contributed by atoms with Gasteiger partial charge in [0.1, 0.15) is 5.75 Å². The van der Waals surface area contributed by atoms with Crippen LogP contribution in [0.1, 0.15) is 29.7 Å². The van der Waals surface area contributed by atoms with Crippen molar-refractivity contribution in [2.45, 2.75) is 19.3 Å². The molecule has 1 aliphatic rings. The number of ether oxygens (including phenoxy) is 1. The summed E-state index contributed by atoms with van der Waals surface area (Å²) in [4.78, 5) is 7.35. The number of aromatic nitrogens is 1. The molecule has 3 nitrogen and oxygen atoms in total. The van der Waals surface area contributed by atoms with Gasteiger partial charge in [0.2, 0.25) is 0 Å². The van der Waals surface area contributed by atoms with Crippen molar-refractivity contribution >= 4 is 17.3 Å². The number of methoxy groups -OCH3 is 1. The molecule has 3 aromatic carbocycles. The second-order valence-corrected chi connectivity index (χ2v) is 8.99. The lowest BCUT2D eigenvalue weighted by atomic mass is 9.84. The van der Waals surface area contributed by atoms with E-state index in [0.717, 1.165) is 42.0 Å². The third-order valence-electron chi connectivity index (χ3n) is 6.52. The standard InChI is InChI=1S/C31H30N2O/c1-33(2)26-16-12-22(13-17-26)20-25-10-7-11-28-29(23-14-18-27(34-3)19-15-23)21-30(32-31(25)28)24-8-5-4-6-9-24/h4-6,8-9,12-21H,7,10-11H2,1-3H3/b25-20+. The van der Waals surface area contributed by atoms with Crippen molar-refractivity contribution < 1.29 is 4.74 Å². The second-order valence-electron chi connectivity index (χ2n) is 8.99. The van der Waals surface area contributed by atoms with Crippen molar-refractivity contribution in [2.75, 3.05) is 26.1 Å². The molecule has 1 aliphatic carbocycles. The predicted octanol–water partition coefficient (Wildman–Crippen LogP) is 7.37. The van der Waals surface area contributed by atoms with E-state index in [9.17, 15) is 0 Å². The van der Waals surface area contributed by atoms with Crippen LogP contribution < -0.4 is 9.64 Å². The van der Waals surface area contributed by atoms with Gasteiger partial charge in [-0.3, -0.25) is 0 Å². The Morgan fingerprint density at radius 3 is 2.24 bits per heavy atom. The average Bonchev–Trinajstić information content (AvgIpc) is 2.89. The van der Waals surface area contributed by atoms with Crippen LogP contribution in [0.15, 0.2) is 84.9 Å². The van der Waals surface area contributed by atoms with Crippen LogP contribution in [-0.2, 0) is 6.42 Å². The topological polar surface area (TPSA) is 25.4 Å². The minimum absolute atomic E-state index is 0.872. The molecule has 0 atom stereocenters. The van der Waals surface area contributed by atoms with Crippen molar-refractivity contribution in [1.29, 1.82) is 0 Å². The molecule has 34 heavy (non-hydrogen) atoms. The first-order valence-electron chi connectivity index (χ1n) is 11.8. The van der Waals surface area contributed by atoms with Crippen LogP contribution >= 0.6 is 0 Å². The van der Waals surface area contributed by atoms with E-state index in [2.05, 4.69) is 97.9 Å². The molecule has 0 spiro atoms. The van der Waals surface area contributed by atoms with Gasteiger partial charge in [0.25, 0.3) is 0 Å². The molecule has 0 fully saturated rings. The summed E-state index contributed by atoms with van der Waals surface area (Å²) >= 11 is 0. The number of nitrogens with zero attached hydrogens (tertiary/aromatic N) is 2. The fraction of sp³-hybridized carbons (Fsp3) is 0.194. The van der Waals surface area contributed by atoms with Gasteiger partial charge in [-0.2, -0.15) is 0 Å². The van der Waals surface area contributed by atoms with E-state index in [0.29, 0.717) is 0 Å². The number of allylic oxidation sites excluding steroid dienone is 1. The molecular weight excluding hydrogens is 416 g/mol. The van der Waals surface area contributed by atoms with Crippen molar-refractivity contribution in [1.82, 2.24) is 4.98 Å². The van der Waals surface area contributed by atoms with Crippen LogP contribution in [0, 0.1) is 0 Å². The van der Waals surface area contributed by atoms with E-state index in [4.69, 9.17) is 9.72 Å². The minimum Gasteiger partial charge on any atom is -0.497 e. The summed E-state index contributed by atoms with van der Waals surface area (Å²) in [7, 11) is 5.85. The van der Waals surface area contributed by atoms with E-state index in [-0.39, 0.29) is 0 Å². The number of fused-ring (bicyclic) bond motifs is 1. The zero-order valence-corrected chi connectivity index (χ0v) is 20.1. The summed E-state index contributed by atoms with van der Waals surface area (Å²) in [6, 6.07) is 29.9. The van der Waals surface area contributed by atoms with Crippen molar-refractivity contribution in [3.63, 3.8) is 0 Å². The molecule has 4 aromatic rings. The van der Waals surface area contributed by atoms with Gasteiger partial charge in [-0.15, -0.1) is 0 Å². The molecule has 1 aromatic heterocycles. The average molecular weight is 447 g/mol. The fourth-order valence-electron chi connectivity index (χ4n) is 4.66. The number of hydrogen-bond donors (Lipinski definition) is 0. The highest BCUT2D eigenvalue weighted by atomic mass is 16.5. The van der Waals surface area contributed by atoms with E-state index in [1.54, 1.807) is 7.11 Å². The summed E-state index contributed by atoms with van der Waals surface area (Å²) in [5.41, 5.74) is 10.8. The lowest BCUT2D eigenvalue weighted by Gasteiger charge is -2.23. The molecule has 3 heteroatoms. The molecule has 5 rings (SSSR count). The third-order valence-corrected chi connectivity index (χ3v) is 6.52. The molecule has 0 saturated heterocycles. The first kappa shape index (κ1) is 22.0. The van der Waals surface area contributed by atoms with E-state index >= 15 is 0 Å². The van der Waals surface area contributed by atoms with Crippen molar-refractivity contribution in [3.8, 4) is 28.1 Å². The molecule has 0 amide bonds. The summed E-state index contributed by atoms with van der Waals surface area (Å²) in [6.45, 7) is 0. The van der Waals surface area contributed by atoms with Crippen LogP contribution in [-0.4, -0.2) is 26.2 Å². The van der Waals surface area contributed by atoms with Crippen molar-refractivity contribution in [3.05, 3.63) is 102 Å². The summed E-state index contributed by atoms with van der Waals surface area (Å²) in [5, 5.41) is 0.